The first-order chi connectivity index (χ1) is 12.7. The zero-order chi connectivity index (χ0) is 18.6. The number of halogens is 1. The molecule has 142 valence electrons. The highest BCUT2D eigenvalue weighted by atomic mass is 35.5. The second-order valence-corrected chi connectivity index (χ2v) is 6.99. The second kappa shape index (κ2) is 11.7. The van der Waals surface area contributed by atoms with E-state index in [-0.39, 0.29) is 6.10 Å². The van der Waals surface area contributed by atoms with E-state index in [4.69, 9.17) is 21.1 Å². The van der Waals surface area contributed by atoms with E-state index < -0.39 is 0 Å². The van der Waals surface area contributed by atoms with E-state index in [9.17, 15) is 0 Å². The van der Waals surface area contributed by atoms with Gasteiger partial charge in [0.05, 0.1) is 13.2 Å². The van der Waals surface area contributed by atoms with Gasteiger partial charge in [-0.3, -0.25) is 0 Å². The Morgan fingerprint density at radius 3 is 2.23 bits per heavy atom. The van der Waals surface area contributed by atoms with Crippen LogP contribution in [0.15, 0.2) is 48.5 Å². The molecule has 2 rings (SSSR count). The number of unbranched alkanes of at least 4 members (excludes halogenated alkanes) is 4. The Hall–Kier alpha value is -1.87. The maximum Gasteiger partial charge on any atom is 0.119 e. The van der Waals surface area contributed by atoms with Crippen molar-refractivity contribution in [3.63, 3.8) is 0 Å². The first-order valence-electron chi connectivity index (χ1n) is 9.56. The standard InChI is InChI=1S/C22H30ClNO2/c1-3-4-5-6-7-16-25-21-14-10-20(11-15-21)24-17-18(2)26-22-12-8-19(23)9-13-22/h8-15,18,24H,3-7,16-17H2,1-2H3/t18-/m0/s1. The van der Waals surface area contributed by atoms with E-state index in [0.29, 0.717) is 5.02 Å². The van der Waals surface area contributed by atoms with E-state index in [1.54, 1.807) is 0 Å². The molecule has 4 heteroatoms. The van der Waals surface area contributed by atoms with Crippen molar-refractivity contribution in [1.82, 2.24) is 0 Å². The van der Waals surface area contributed by atoms with Crippen molar-refractivity contribution in [1.29, 1.82) is 0 Å². The number of benzene rings is 2. The lowest BCUT2D eigenvalue weighted by molar-refractivity contribution is 0.235. The lowest BCUT2D eigenvalue weighted by Gasteiger charge is -2.16. The van der Waals surface area contributed by atoms with Crippen molar-refractivity contribution in [2.45, 2.75) is 52.1 Å². The first kappa shape index (κ1) is 20.4. The van der Waals surface area contributed by atoms with Crippen LogP contribution < -0.4 is 14.8 Å². The zero-order valence-corrected chi connectivity index (χ0v) is 16.6. The van der Waals surface area contributed by atoms with Gasteiger partial charge in [0, 0.05) is 10.7 Å². The molecule has 26 heavy (non-hydrogen) atoms. The molecular formula is C22H30ClNO2. The van der Waals surface area contributed by atoms with E-state index in [1.165, 1.54) is 25.7 Å². The summed E-state index contributed by atoms with van der Waals surface area (Å²) in [7, 11) is 0. The van der Waals surface area contributed by atoms with Crippen molar-refractivity contribution < 1.29 is 9.47 Å². The molecule has 0 aliphatic heterocycles. The molecule has 0 aliphatic rings. The Morgan fingerprint density at radius 1 is 0.885 bits per heavy atom. The topological polar surface area (TPSA) is 30.5 Å². The molecule has 2 aromatic carbocycles. The number of hydrogen-bond acceptors (Lipinski definition) is 3. The van der Waals surface area contributed by atoms with E-state index >= 15 is 0 Å². The predicted molar refractivity (Wildman–Crippen MR) is 111 cm³/mol. The van der Waals surface area contributed by atoms with E-state index in [0.717, 1.165) is 36.8 Å². The predicted octanol–water partition coefficient (Wildman–Crippen LogP) is 6.57. The van der Waals surface area contributed by atoms with Crippen LogP contribution in [0.1, 0.15) is 46.0 Å². The molecule has 1 atom stereocenters. The molecule has 1 N–H and O–H groups in total. The van der Waals surface area contributed by atoms with Gasteiger partial charge in [-0.1, -0.05) is 44.2 Å². The quantitative estimate of drug-likeness (QED) is 0.425. The molecule has 0 amide bonds. The molecule has 0 aromatic heterocycles. The molecule has 0 radical (unpaired) electrons. The summed E-state index contributed by atoms with van der Waals surface area (Å²) < 4.78 is 11.7. The fourth-order valence-corrected chi connectivity index (χ4v) is 2.74. The van der Waals surface area contributed by atoms with Crippen molar-refractivity contribution in [2.24, 2.45) is 0 Å². The maximum atomic E-state index is 5.88. The minimum atomic E-state index is 0.0511. The van der Waals surface area contributed by atoms with E-state index in [2.05, 4.69) is 12.2 Å². The third kappa shape index (κ3) is 8.01. The molecule has 0 fully saturated rings. The summed E-state index contributed by atoms with van der Waals surface area (Å²) in [6, 6.07) is 15.5. The molecule has 0 aliphatic carbocycles. The summed E-state index contributed by atoms with van der Waals surface area (Å²) >= 11 is 5.88. The SMILES string of the molecule is CCCCCCCOc1ccc(NC[C@H](C)Oc2ccc(Cl)cc2)cc1. The van der Waals surface area contributed by atoms with Crippen molar-refractivity contribution in [3.05, 3.63) is 53.6 Å². The highest BCUT2D eigenvalue weighted by Gasteiger charge is 2.04. The van der Waals surface area contributed by atoms with Crippen LogP contribution in [0.2, 0.25) is 5.02 Å². The van der Waals surface area contributed by atoms with Gasteiger partial charge < -0.3 is 14.8 Å². The monoisotopic (exact) mass is 375 g/mol. The molecule has 0 unspecified atom stereocenters. The van der Waals surface area contributed by atoms with Gasteiger partial charge in [-0.15, -0.1) is 0 Å². The minimum absolute atomic E-state index is 0.0511. The van der Waals surface area contributed by atoms with Gasteiger partial charge in [-0.05, 0) is 61.9 Å². The number of ether oxygens (including phenoxy) is 2. The van der Waals surface area contributed by atoms with Crippen molar-refractivity contribution in [3.8, 4) is 11.5 Å². The first-order valence-corrected chi connectivity index (χ1v) is 9.94. The van der Waals surface area contributed by atoms with Crippen molar-refractivity contribution >= 4 is 17.3 Å². The Morgan fingerprint density at radius 2 is 1.54 bits per heavy atom. The Labute approximate surface area is 162 Å². The number of rotatable bonds is 12. The molecule has 0 bridgehead atoms. The summed E-state index contributed by atoms with van der Waals surface area (Å²) in [5.74, 6) is 1.75. The molecular weight excluding hydrogens is 346 g/mol. The average Bonchev–Trinajstić information content (AvgIpc) is 2.66. The normalized spacial score (nSPS) is 11.8. The van der Waals surface area contributed by atoms with Crippen LogP contribution in [0.4, 0.5) is 5.69 Å². The van der Waals surface area contributed by atoms with Crippen LogP contribution in [-0.2, 0) is 0 Å². The van der Waals surface area contributed by atoms with Gasteiger partial charge in [0.15, 0.2) is 0 Å². The second-order valence-electron chi connectivity index (χ2n) is 6.55. The molecule has 0 spiro atoms. The minimum Gasteiger partial charge on any atom is -0.494 e. The van der Waals surface area contributed by atoms with Crippen LogP contribution in [0.3, 0.4) is 0 Å². The van der Waals surface area contributed by atoms with Gasteiger partial charge in [-0.25, -0.2) is 0 Å². The van der Waals surface area contributed by atoms with Gasteiger partial charge in [0.25, 0.3) is 0 Å². The Bertz CT molecular complexity index is 613. The maximum absolute atomic E-state index is 5.88. The molecule has 0 saturated heterocycles. The van der Waals surface area contributed by atoms with Crippen LogP contribution in [0, 0.1) is 0 Å². The number of nitrogens with one attached hydrogen (secondary N) is 1. The van der Waals surface area contributed by atoms with E-state index in [1.807, 2.05) is 55.5 Å². The summed E-state index contributed by atoms with van der Waals surface area (Å²) in [4.78, 5) is 0. The molecule has 0 heterocycles. The largest absolute Gasteiger partial charge is 0.494 e. The van der Waals surface area contributed by atoms with Crippen LogP contribution in [0.25, 0.3) is 0 Å². The third-order valence-corrected chi connectivity index (χ3v) is 4.37. The Kier molecular flexibility index (Phi) is 9.19. The zero-order valence-electron chi connectivity index (χ0n) is 15.8. The number of hydrogen-bond donors (Lipinski definition) is 1. The van der Waals surface area contributed by atoms with Gasteiger partial charge in [0.1, 0.15) is 17.6 Å². The van der Waals surface area contributed by atoms with Crippen LogP contribution >= 0.6 is 11.6 Å². The summed E-state index contributed by atoms with van der Waals surface area (Å²) in [6.07, 6.45) is 6.33. The molecule has 2 aromatic rings. The summed E-state index contributed by atoms with van der Waals surface area (Å²) in [5.41, 5.74) is 1.06. The van der Waals surface area contributed by atoms with Gasteiger partial charge in [0.2, 0.25) is 0 Å². The average molecular weight is 376 g/mol. The third-order valence-electron chi connectivity index (χ3n) is 4.12. The van der Waals surface area contributed by atoms with Gasteiger partial charge >= 0.3 is 0 Å². The summed E-state index contributed by atoms with van der Waals surface area (Å²) in [5, 5.41) is 4.10. The fraction of sp³-hybridized carbons (Fsp3) is 0.455. The molecule has 3 nitrogen and oxygen atoms in total. The number of anilines is 1. The van der Waals surface area contributed by atoms with Gasteiger partial charge in [-0.2, -0.15) is 0 Å². The highest BCUT2D eigenvalue weighted by molar-refractivity contribution is 6.30. The summed E-state index contributed by atoms with van der Waals surface area (Å²) in [6.45, 7) is 5.79. The highest BCUT2D eigenvalue weighted by Crippen LogP contribution is 2.18. The Balaban J connectivity index is 1.65. The smallest absolute Gasteiger partial charge is 0.119 e. The van der Waals surface area contributed by atoms with Crippen LogP contribution in [0.5, 0.6) is 11.5 Å². The lowest BCUT2D eigenvalue weighted by atomic mass is 10.2. The fourth-order valence-electron chi connectivity index (χ4n) is 2.61. The van der Waals surface area contributed by atoms with Crippen molar-refractivity contribution in [2.75, 3.05) is 18.5 Å². The molecule has 0 saturated carbocycles. The van der Waals surface area contributed by atoms with Crippen LogP contribution in [-0.4, -0.2) is 19.3 Å². The lowest BCUT2D eigenvalue weighted by Crippen LogP contribution is -2.22.